The fourth-order valence-electron chi connectivity index (χ4n) is 3.74. The summed E-state index contributed by atoms with van der Waals surface area (Å²) in [5.41, 5.74) is 2.70. The second-order valence-electron chi connectivity index (χ2n) is 7.21. The van der Waals surface area contributed by atoms with Gasteiger partial charge in [0.05, 0.1) is 6.10 Å². The van der Waals surface area contributed by atoms with Crippen LogP contribution in [0.1, 0.15) is 36.1 Å². The number of carbonyl (C=O) groups excluding carboxylic acids is 1. The number of aliphatic hydroxyl groups excluding tert-OH is 1. The summed E-state index contributed by atoms with van der Waals surface area (Å²) in [5, 5.41) is 10.1. The van der Waals surface area contributed by atoms with Gasteiger partial charge in [-0.2, -0.15) is 8.78 Å². The Morgan fingerprint density at radius 3 is 2.27 bits per heavy atom. The highest BCUT2D eigenvalue weighted by atomic mass is 19.3. The minimum atomic E-state index is -3.15. The highest BCUT2D eigenvalue weighted by molar-refractivity contribution is 5.84. The van der Waals surface area contributed by atoms with Gasteiger partial charge in [0.1, 0.15) is 5.75 Å². The first-order valence-corrected chi connectivity index (χ1v) is 9.65. The molecule has 0 radical (unpaired) electrons. The molecule has 30 heavy (non-hydrogen) atoms. The van der Waals surface area contributed by atoms with Gasteiger partial charge in [0.25, 0.3) is 5.92 Å². The molecular formula is C25H20F2O3. The van der Waals surface area contributed by atoms with Crippen molar-refractivity contribution in [2.75, 3.05) is 0 Å². The molecular weight excluding hydrogens is 386 g/mol. The van der Waals surface area contributed by atoms with Crippen LogP contribution in [0.5, 0.6) is 5.75 Å². The second kappa shape index (κ2) is 7.50. The molecule has 0 saturated heterocycles. The molecule has 0 saturated carbocycles. The summed E-state index contributed by atoms with van der Waals surface area (Å²) < 4.78 is 35.6. The van der Waals surface area contributed by atoms with E-state index in [1.54, 1.807) is 55.5 Å². The Hall–Kier alpha value is -3.31. The topological polar surface area (TPSA) is 46.5 Å². The normalized spacial score (nSPS) is 14.5. The lowest BCUT2D eigenvalue weighted by Crippen LogP contribution is -2.12. The standard InChI is InChI=1S/C25H20F2O3/c1-3-23(28)17-8-12-20-19-11-7-16(13-21(19)25(26,27)22(20)14-17)15-5-9-18(10-6-15)30-24(29)4-2/h4-14,23,28H,2-3H2,1H3. The molecule has 1 N–H and O–H groups in total. The van der Waals surface area contributed by atoms with Crippen molar-refractivity contribution in [1.29, 1.82) is 0 Å². The number of carbonyl (C=O) groups is 1. The molecule has 0 heterocycles. The molecule has 3 nitrogen and oxygen atoms in total. The van der Waals surface area contributed by atoms with E-state index in [0.29, 0.717) is 34.4 Å². The van der Waals surface area contributed by atoms with Gasteiger partial charge in [0.2, 0.25) is 0 Å². The van der Waals surface area contributed by atoms with Gasteiger partial charge in [-0.15, -0.1) is 0 Å². The van der Waals surface area contributed by atoms with E-state index in [1.807, 2.05) is 0 Å². The van der Waals surface area contributed by atoms with E-state index in [2.05, 4.69) is 6.58 Å². The predicted molar refractivity (Wildman–Crippen MR) is 111 cm³/mol. The van der Waals surface area contributed by atoms with Crippen LogP contribution in [-0.4, -0.2) is 11.1 Å². The molecule has 0 amide bonds. The molecule has 0 bridgehead atoms. The molecule has 1 aliphatic carbocycles. The van der Waals surface area contributed by atoms with Gasteiger partial charge in [0.15, 0.2) is 0 Å². The maximum absolute atomic E-state index is 15.3. The first-order valence-electron chi connectivity index (χ1n) is 9.65. The molecule has 1 aliphatic rings. The van der Waals surface area contributed by atoms with Crippen molar-refractivity contribution < 1.29 is 23.4 Å². The SMILES string of the molecule is C=CC(=O)Oc1ccc(-c2ccc3c(c2)C(F)(F)c2cc(C(O)CC)ccc2-3)cc1. The van der Waals surface area contributed by atoms with Crippen LogP contribution < -0.4 is 4.74 Å². The fourth-order valence-corrected chi connectivity index (χ4v) is 3.74. The van der Waals surface area contributed by atoms with E-state index in [9.17, 15) is 9.90 Å². The van der Waals surface area contributed by atoms with E-state index < -0.39 is 18.0 Å². The minimum Gasteiger partial charge on any atom is -0.423 e. The van der Waals surface area contributed by atoms with Crippen molar-refractivity contribution in [2.45, 2.75) is 25.4 Å². The number of rotatable bonds is 5. The lowest BCUT2D eigenvalue weighted by Gasteiger charge is -2.15. The number of alkyl halides is 2. The predicted octanol–water partition coefficient (Wildman–Crippen LogP) is 6.01. The van der Waals surface area contributed by atoms with Crippen LogP contribution in [-0.2, 0) is 10.7 Å². The van der Waals surface area contributed by atoms with E-state index in [0.717, 1.165) is 11.6 Å². The van der Waals surface area contributed by atoms with Crippen molar-refractivity contribution in [2.24, 2.45) is 0 Å². The van der Waals surface area contributed by atoms with E-state index in [-0.39, 0.29) is 11.1 Å². The average molecular weight is 406 g/mol. The number of fused-ring (bicyclic) bond motifs is 3. The Bertz CT molecular complexity index is 1130. The van der Waals surface area contributed by atoms with Crippen LogP contribution in [0.25, 0.3) is 22.3 Å². The first kappa shape index (κ1) is 20.0. The van der Waals surface area contributed by atoms with Crippen molar-refractivity contribution in [1.82, 2.24) is 0 Å². The molecule has 0 aliphatic heterocycles. The lowest BCUT2D eigenvalue weighted by atomic mass is 9.98. The van der Waals surface area contributed by atoms with E-state index in [1.165, 1.54) is 12.1 Å². The molecule has 1 atom stereocenters. The van der Waals surface area contributed by atoms with Crippen LogP contribution in [0.15, 0.2) is 73.3 Å². The van der Waals surface area contributed by atoms with Crippen LogP contribution in [0, 0.1) is 0 Å². The summed E-state index contributed by atoms with van der Waals surface area (Å²) in [6, 6.07) is 16.4. The average Bonchev–Trinajstić information content (AvgIpc) is 2.99. The zero-order chi connectivity index (χ0) is 21.5. The smallest absolute Gasteiger partial charge is 0.335 e. The first-order chi connectivity index (χ1) is 14.3. The molecule has 5 heteroatoms. The summed E-state index contributed by atoms with van der Waals surface area (Å²) in [6.45, 7) is 5.15. The third-order valence-electron chi connectivity index (χ3n) is 5.37. The Morgan fingerprint density at radius 2 is 1.63 bits per heavy atom. The fraction of sp³-hybridized carbons (Fsp3) is 0.160. The summed E-state index contributed by atoms with van der Waals surface area (Å²) >= 11 is 0. The number of hydrogen-bond donors (Lipinski definition) is 1. The van der Waals surface area contributed by atoms with Gasteiger partial charge in [-0.25, -0.2) is 4.79 Å². The summed E-state index contributed by atoms with van der Waals surface area (Å²) in [4.78, 5) is 11.3. The van der Waals surface area contributed by atoms with Crippen LogP contribution >= 0.6 is 0 Å². The molecule has 3 aromatic carbocycles. The Kier molecular flexibility index (Phi) is 5.00. The number of halogens is 2. The highest BCUT2D eigenvalue weighted by Gasteiger charge is 2.44. The van der Waals surface area contributed by atoms with Gasteiger partial charge in [-0.1, -0.05) is 49.9 Å². The number of hydrogen-bond acceptors (Lipinski definition) is 3. The van der Waals surface area contributed by atoms with Gasteiger partial charge in [-0.05, 0) is 58.5 Å². The molecule has 152 valence electrons. The quantitative estimate of drug-likeness (QED) is 0.321. The third-order valence-corrected chi connectivity index (χ3v) is 5.37. The Labute approximate surface area is 173 Å². The molecule has 4 rings (SSSR count). The largest absolute Gasteiger partial charge is 0.423 e. The second-order valence-corrected chi connectivity index (χ2v) is 7.21. The zero-order valence-corrected chi connectivity index (χ0v) is 16.4. The maximum Gasteiger partial charge on any atom is 0.335 e. The number of aliphatic hydroxyl groups is 1. The molecule has 0 spiro atoms. The Morgan fingerprint density at radius 1 is 1.03 bits per heavy atom. The molecule has 1 unspecified atom stereocenters. The van der Waals surface area contributed by atoms with Gasteiger partial charge in [0, 0.05) is 17.2 Å². The van der Waals surface area contributed by atoms with Gasteiger partial charge >= 0.3 is 5.97 Å². The minimum absolute atomic E-state index is 0.0553. The zero-order valence-electron chi connectivity index (χ0n) is 16.4. The van der Waals surface area contributed by atoms with E-state index in [4.69, 9.17) is 4.74 Å². The van der Waals surface area contributed by atoms with Gasteiger partial charge < -0.3 is 9.84 Å². The monoisotopic (exact) mass is 406 g/mol. The summed E-state index contributed by atoms with van der Waals surface area (Å²) in [6.07, 6.45) is 0.762. The van der Waals surface area contributed by atoms with E-state index >= 15 is 8.78 Å². The Balaban J connectivity index is 1.70. The summed E-state index contributed by atoms with van der Waals surface area (Å²) in [7, 11) is 0. The summed E-state index contributed by atoms with van der Waals surface area (Å²) in [5.74, 6) is -3.36. The van der Waals surface area contributed by atoms with Crippen molar-refractivity contribution in [3.05, 3.63) is 90.0 Å². The molecule has 3 aromatic rings. The maximum atomic E-state index is 15.3. The van der Waals surface area contributed by atoms with Crippen molar-refractivity contribution >= 4 is 5.97 Å². The number of benzene rings is 3. The van der Waals surface area contributed by atoms with Crippen LogP contribution in [0.3, 0.4) is 0 Å². The van der Waals surface area contributed by atoms with Crippen LogP contribution in [0.2, 0.25) is 0 Å². The van der Waals surface area contributed by atoms with Crippen molar-refractivity contribution in [3.63, 3.8) is 0 Å². The number of ether oxygens (including phenoxy) is 1. The van der Waals surface area contributed by atoms with Crippen LogP contribution in [0.4, 0.5) is 8.78 Å². The molecule has 0 aromatic heterocycles. The van der Waals surface area contributed by atoms with Gasteiger partial charge in [-0.3, -0.25) is 0 Å². The highest BCUT2D eigenvalue weighted by Crippen LogP contribution is 2.52. The van der Waals surface area contributed by atoms with Crippen molar-refractivity contribution in [3.8, 4) is 28.0 Å². The lowest BCUT2D eigenvalue weighted by molar-refractivity contribution is -0.128. The third kappa shape index (κ3) is 3.31. The molecule has 0 fully saturated rings. The number of esters is 1.